The molecular weight excluding hydrogens is 186 g/mol. The highest BCUT2D eigenvalue weighted by Gasteiger charge is 2.06. The van der Waals surface area contributed by atoms with Gasteiger partial charge in [-0.15, -0.1) is 0 Å². The molecule has 3 heteroatoms. The monoisotopic (exact) mass is 199 g/mol. The van der Waals surface area contributed by atoms with E-state index in [1.807, 2.05) is 12.1 Å². The quantitative estimate of drug-likeness (QED) is 0.767. The summed E-state index contributed by atoms with van der Waals surface area (Å²) >= 11 is 0. The summed E-state index contributed by atoms with van der Waals surface area (Å²) in [5.41, 5.74) is 10.0. The van der Waals surface area contributed by atoms with E-state index in [1.165, 1.54) is 11.1 Å². The molecule has 1 heterocycles. The standard InChI is InChI=1S/C12H13N3/c1-8-4-3-5-9(2)11(8)10-6-7-14-12(13)15-10/h3-7H,1-2H3,(H2,13,14,15). The molecule has 0 atom stereocenters. The molecule has 0 aliphatic carbocycles. The molecule has 3 nitrogen and oxygen atoms in total. The van der Waals surface area contributed by atoms with Crippen LogP contribution in [0.1, 0.15) is 11.1 Å². The molecule has 1 aromatic heterocycles. The summed E-state index contributed by atoms with van der Waals surface area (Å²) in [5, 5.41) is 0. The maximum Gasteiger partial charge on any atom is 0.220 e. The van der Waals surface area contributed by atoms with Crippen molar-refractivity contribution in [2.75, 3.05) is 5.73 Å². The normalized spacial score (nSPS) is 10.3. The first-order chi connectivity index (χ1) is 7.18. The molecule has 1 aromatic carbocycles. The highest BCUT2D eigenvalue weighted by Crippen LogP contribution is 2.25. The minimum absolute atomic E-state index is 0.315. The Morgan fingerprint density at radius 2 is 1.73 bits per heavy atom. The van der Waals surface area contributed by atoms with Crippen LogP contribution in [0.2, 0.25) is 0 Å². The maximum atomic E-state index is 5.57. The van der Waals surface area contributed by atoms with Crippen LogP contribution >= 0.6 is 0 Å². The fourth-order valence-corrected chi connectivity index (χ4v) is 1.73. The zero-order valence-electron chi connectivity index (χ0n) is 8.86. The lowest BCUT2D eigenvalue weighted by Crippen LogP contribution is -1.97. The molecule has 0 aliphatic heterocycles. The molecule has 0 aliphatic rings. The molecule has 2 N–H and O–H groups in total. The van der Waals surface area contributed by atoms with E-state index in [-0.39, 0.29) is 0 Å². The van der Waals surface area contributed by atoms with Gasteiger partial charge in [-0.2, -0.15) is 0 Å². The van der Waals surface area contributed by atoms with Crippen LogP contribution in [-0.4, -0.2) is 9.97 Å². The average molecular weight is 199 g/mol. The zero-order chi connectivity index (χ0) is 10.8. The van der Waals surface area contributed by atoms with Crippen molar-refractivity contribution >= 4 is 5.95 Å². The van der Waals surface area contributed by atoms with E-state index in [2.05, 4.69) is 35.9 Å². The van der Waals surface area contributed by atoms with Crippen LogP contribution in [0.3, 0.4) is 0 Å². The summed E-state index contributed by atoms with van der Waals surface area (Å²) in [4.78, 5) is 8.12. The molecule has 0 saturated heterocycles. The Bertz CT molecular complexity index is 472. The minimum Gasteiger partial charge on any atom is -0.368 e. The van der Waals surface area contributed by atoms with Crippen molar-refractivity contribution in [2.45, 2.75) is 13.8 Å². The number of aryl methyl sites for hydroxylation is 2. The predicted octanol–water partition coefficient (Wildman–Crippen LogP) is 2.34. The van der Waals surface area contributed by atoms with Crippen LogP contribution in [-0.2, 0) is 0 Å². The van der Waals surface area contributed by atoms with Gasteiger partial charge in [0, 0.05) is 11.8 Å². The molecule has 0 bridgehead atoms. The van der Waals surface area contributed by atoms with Gasteiger partial charge in [0.25, 0.3) is 0 Å². The molecule has 76 valence electrons. The smallest absolute Gasteiger partial charge is 0.220 e. The average Bonchev–Trinajstić information content (AvgIpc) is 2.17. The van der Waals surface area contributed by atoms with Crippen LogP contribution in [0, 0.1) is 13.8 Å². The summed E-state index contributed by atoms with van der Waals surface area (Å²) in [6, 6.07) is 8.06. The van der Waals surface area contributed by atoms with Crippen LogP contribution in [0.25, 0.3) is 11.3 Å². The number of hydrogen-bond donors (Lipinski definition) is 1. The second kappa shape index (κ2) is 3.69. The van der Waals surface area contributed by atoms with E-state index >= 15 is 0 Å². The van der Waals surface area contributed by atoms with Crippen molar-refractivity contribution in [2.24, 2.45) is 0 Å². The van der Waals surface area contributed by atoms with Gasteiger partial charge in [-0.25, -0.2) is 9.97 Å². The lowest BCUT2D eigenvalue weighted by Gasteiger charge is -2.08. The van der Waals surface area contributed by atoms with Gasteiger partial charge in [-0.05, 0) is 31.0 Å². The number of hydrogen-bond acceptors (Lipinski definition) is 3. The maximum absolute atomic E-state index is 5.57. The summed E-state index contributed by atoms with van der Waals surface area (Å²) in [6.45, 7) is 4.14. The molecule has 0 saturated carbocycles. The molecule has 2 rings (SSSR count). The number of rotatable bonds is 1. The third-order valence-corrected chi connectivity index (χ3v) is 2.41. The van der Waals surface area contributed by atoms with Gasteiger partial charge in [-0.3, -0.25) is 0 Å². The summed E-state index contributed by atoms with van der Waals surface area (Å²) in [5.74, 6) is 0.315. The van der Waals surface area contributed by atoms with Gasteiger partial charge in [0.2, 0.25) is 5.95 Å². The van der Waals surface area contributed by atoms with E-state index in [0.717, 1.165) is 11.3 Å². The van der Waals surface area contributed by atoms with Crippen molar-refractivity contribution in [1.29, 1.82) is 0 Å². The Labute approximate surface area is 89.0 Å². The minimum atomic E-state index is 0.315. The topological polar surface area (TPSA) is 51.8 Å². The first-order valence-electron chi connectivity index (χ1n) is 4.83. The third kappa shape index (κ3) is 1.81. The first-order valence-corrected chi connectivity index (χ1v) is 4.83. The van der Waals surface area contributed by atoms with Crippen LogP contribution in [0.5, 0.6) is 0 Å². The number of aromatic nitrogens is 2. The van der Waals surface area contributed by atoms with E-state index in [1.54, 1.807) is 6.20 Å². The number of anilines is 1. The Morgan fingerprint density at radius 1 is 1.07 bits per heavy atom. The largest absolute Gasteiger partial charge is 0.368 e. The summed E-state index contributed by atoms with van der Waals surface area (Å²) in [7, 11) is 0. The van der Waals surface area contributed by atoms with E-state index in [4.69, 9.17) is 5.73 Å². The Balaban J connectivity index is 2.63. The molecule has 0 fully saturated rings. The van der Waals surface area contributed by atoms with Crippen molar-refractivity contribution in [1.82, 2.24) is 9.97 Å². The zero-order valence-corrected chi connectivity index (χ0v) is 8.86. The van der Waals surface area contributed by atoms with Crippen LogP contribution in [0.15, 0.2) is 30.5 Å². The molecule has 0 unspecified atom stereocenters. The molecular formula is C12H13N3. The van der Waals surface area contributed by atoms with Gasteiger partial charge in [0.15, 0.2) is 0 Å². The van der Waals surface area contributed by atoms with Crippen LogP contribution < -0.4 is 5.73 Å². The number of nitrogens with two attached hydrogens (primary N) is 1. The molecule has 0 spiro atoms. The SMILES string of the molecule is Cc1cccc(C)c1-c1ccnc(N)n1. The van der Waals surface area contributed by atoms with Crippen LogP contribution in [0.4, 0.5) is 5.95 Å². The highest BCUT2D eigenvalue weighted by molar-refractivity contribution is 5.67. The summed E-state index contributed by atoms with van der Waals surface area (Å²) < 4.78 is 0. The molecule has 15 heavy (non-hydrogen) atoms. The van der Waals surface area contributed by atoms with Gasteiger partial charge in [0.05, 0.1) is 5.69 Å². The second-order valence-corrected chi connectivity index (χ2v) is 3.57. The number of nitrogens with zero attached hydrogens (tertiary/aromatic N) is 2. The molecule has 0 amide bonds. The second-order valence-electron chi connectivity index (χ2n) is 3.57. The van der Waals surface area contributed by atoms with Gasteiger partial charge >= 0.3 is 0 Å². The van der Waals surface area contributed by atoms with Crippen molar-refractivity contribution in [3.05, 3.63) is 41.6 Å². The predicted molar refractivity (Wildman–Crippen MR) is 61.4 cm³/mol. The summed E-state index contributed by atoms with van der Waals surface area (Å²) in [6.07, 6.45) is 1.68. The molecule has 0 radical (unpaired) electrons. The lowest BCUT2D eigenvalue weighted by atomic mass is 10.00. The van der Waals surface area contributed by atoms with Crippen molar-refractivity contribution in [3.63, 3.8) is 0 Å². The van der Waals surface area contributed by atoms with Crippen molar-refractivity contribution in [3.8, 4) is 11.3 Å². The fraction of sp³-hybridized carbons (Fsp3) is 0.167. The molecule has 2 aromatic rings. The van der Waals surface area contributed by atoms with E-state index in [0.29, 0.717) is 5.95 Å². The lowest BCUT2D eigenvalue weighted by molar-refractivity contribution is 1.18. The Hall–Kier alpha value is -1.90. The first kappa shape index (κ1) is 9.65. The van der Waals surface area contributed by atoms with E-state index < -0.39 is 0 Å². The van der Waals surface area contributed by atoms with Gasteiger partial charge in [0.1, 0.15) is 0 Å². The number of benzene rings is 1. The van der Waals surface area contributed by atoms with E-state index in [9.17, 15) is 0 Å². The Kier molecular flexibility index (Phi) is 2.37. The number of nitrogen functional groups attached to an aromatic ring is 1. The van der Waals surface area contributed by atoms with Crippen molar-refractivity contribution < 1.29 is 0 Å². The van der Waals surface area contributed by atoms with Gasteiger partial charge in [-0.1, -0.05) is 18.2 Å². The van der Waals surface area contributed by atoms with Gasteiger partial charge < -0.3 is 5.73 Å². The third-order valence-electron chi connectivity index (χ3n) is 2.41. The fourth-order valence-electron chi connectivity index (χ4n) is 1.73. The highest BCUT2D eigenvalue weighted by atomic mass is 15.0. The Morgan fingerprint density at radius 3 is 2.33 bits per heavy atom.